The summed E-state index contributed by atoms with van der Waals surface area (Å²) < 4.78 is 0. The topological polar surface area (TPSA) is 43.1 Å². The molecular weight excluding hydrogens is 174 g/mol. The maximum atomic E-state index is 11.5. The molecule has 0 aliphatic carbocycles. The van der Waals surface area contributed by atoms with Crippen LogP contribution in [-0.2, 0) is 4.79 Å². The zero-order chi connectivity index (χ0) is 10.7. The molecule has 14 heavy (non-hydrogen) atoms. The highest BCUT2D eigenvalue weighted by molar-refractivity contribution is 5.87. The van der Waals surface area contributed by atoms with Crippen LogP contribution in [0.3, 0.4) is 0 Å². The fourth-order valence-corrected chi connectivity index (χ4v) is 1.59. The zero-order valence-electron chi connectivity index (χ0n) is 9.00. The van der Waals surface area contributed by atoms with Crippen LogP contribution in [-0.4, -0.2) is 12.3 Å². The van der Waals surface area contributed by atoms with Gasteiger partial charge in [-0.05, 0) is 30.5 Å². The van der Waals surface area contributed by atoms with Gasteiger partial charge in [-0.3, -0.25) is 4.79 Å². The second-order valence-electron chi connectivity index (χ2n) is 3.68. The highest BCUT2D eigenvalue weighted by Crippen LogP contribution is 2.22. The number of carbonyl (C=O) groups is 1. The van der Waals surface area contributed by atoms with Crippen molar-refractivity contribution in [1.82, 2.24) is 0 Å². The van der Waals surface area contributed by atoms with Gasteiger partial charge in [0.2, 0.25) is 0 Å². The first-order chi connectivity index (χ1) is 6.57. The van der Waals surface area contributed by atoms with Crippen LogP contribution in [0.25, 0.3) is 0 Å². The molecule has 1 atom stereocenters. The molecule has 76 valence electrons. The third kappa shape index (κ3) is 2.02. The predicted octanol–water partition coefficient (Wildman–Crippen LogP) is 1.93. The van der Waals surface area contributed by atoms with E-state index < -0.39 is 0 Å². The van der Waals surface area contributed by atoms with Gasteiger partial charge in [-0.2, -0.15) is 0 Å². The Morgan fingerprint density at radius 1 is 1.43 bits per heavy atom. The van der Waals surface area contributed by atoms with Gasteiger partial charge in [0, 0.05) is 5.92 Å². The number of rotatable bonds is 3. The molecule has 2 N–H and O–H groups in total. The van der Waals surface area contributed by atoms with E-state index in [2.05, 4.69) is 13.0 Å². The van der Waals surface area contributed by atoms with Gasteiger partial charge in [-0.15, -0.1) is 0 Å². The summed E-state index contributed by atoms with van der Waals surface area (Å²) >= 11 is 0. The van der Waals surface area contributed by atoms with E-state index in [0.717, 1.165) is 5.56 Å². The van der Waals surface area contributed by atoms with E-state index in [9.17, 15) is 4.79 Å². The Morgan fingerprint density at radius 2 is 2.07 bits per heavy atom. The van der Waals surface area contributed by atoms with Crippen molar-refractivity contribution in [1.29, 1.82) is 0 Å². The number of Topliss-reactive ketones (excluding diaryl/α,β-unsaturated/α-hetero) is 1. The number of aryl methyl sites for hydroxylation is 1. The lowest BCUT2D eigenvalue weighted by atomic mass is 9.91. The second-order valence-corrected chi connectivity index (χ2v) is 3.68. The summed E-state index contributed by atoms with van der Waals surface area (Å²) in [5, 5.41) is 0. The van der Waals surface area contributed by atoms with Gasteiger partial charge in [0.05, 0.1) is 6.54 Å². The number of hydrogen-bond acceptors (Lipinski definition) is 2. The first-order valence-electron chi connectivity index (χ1n) is 4.86. The minimum atomic E-state index is -0.0834. The average molecular weight is 191 g/mol. The third-order valence-electron chi connectivity index (χ3n) is 2.80. The van der Waals surface area contributed by atoms with Crippen molar-refractivity contribution in [2.75, 3.05) is 6.54 Å². The van der Waals surface area contributed by atoms with Crippen molar-refractivity contribution in [2.45, 2.75) is 26.7 Å². The van der Waals surface area contributed by atoms with Gasteiger partial charge < -0.3 is 5.73 Å². The van der Waals surface area contributed by atoms with Crippen LogP contribution in [0, 0.1) is 13.8 Å². The van der Waals surface area contributed by atoms with Crippen molar-refractivity contribution in [2.24, 2.45) is 5.73 Å². The van der Waals surface area contributed by atoms with Gasteiger partial charge in [0.1, 0.15) is 0 Å². The molecule has 2 heteroatoms. The quantitative estimate of drug-likeness (QED) is 0.793. The maximum Gasteiger partial charge on any atom is 0.153 e. The van der Waals surface area contributed by atoms with Gasteiger partial charge in [-0.1, -0.05) is 25.1 Å². The van der Waals surface area contributed by atoms with Crippen LogP contribution in [0.4, 0.5) is 0 Å². The third-order valence-corrected chi connectivity index (χ3v) is 2.80. The molecule has 1 rings (SSSR count). The van der Waals surface area contributed by atoms with E-state index in [1.807, 2.05) is 26.0 Å². The summed E-state index contributed by atoms with van der Waals surface area (Å²) in [5.74, 6) is 0.0126. The van der Waals surface area contributed by atoms with Crippen molar-refractivity contribution in [3.63, 3.8) is 0 Å². The first kappa shape index (κ1) is 10.9. The molecule has 0 amide bonds. The Hall–Kier alpha value is -1.15. The number of hydrogen-bond donors (Lipinski definition) is 1. The van der Waals surface area contributed by atoms with E-state index >= 15 is 0 Å². The second kappa shape index (κ2) is 4.38. The molecule has 0 saturated carbocycles. The molecule has 0 unspecified atom stereocenters. The zero-order valence-corrected chi connectivity index (χ0v) is 9.00. The Bertz CT molecular complexity index is 344. The minimum absolute atomic E-state index is 0.0834. The number of ketones is 1. The lowest BCUT2D eigenvalue weighted by molar-refractivity contribution is -0.118. The molecule has 0 bridgehead atoms. The van der Waals surface area contributed by atoms with Gasteiger partial charge >= 0.3 is 0 Å². The molecule has 0 spiro atoms. The fraction of sp³-hybridized carbons (Fsp3) is 0.417. The SMILES string of the molecule is Cc1cccc([C@H](C)C(=O)CN)c1C. The molecule has 0 fully saturated rings. The van der Waals surface area contributed by atoms with Gasteiger partial charge in [-0.25, -0.2) is 0 Å². The smallest absolute Gasteiger partial charge is 0.153 e. The van der Waals surface area contributed by atoms with Crippen LogP contribution in [0.1, 0.15) is 29.5 Å². The van der Waals surface area contributed by atoms with E-state index in [1.165, 1.54) is 11.1 Å². The van der Waals surface area contributed by atoms with Crippen molar-refractivity contribution >= 4 is 5.78 Å². The van der Waals surface area contributed by atoms with Crippen LogP contribution >= 0.6 is 0 Å². The van der Waals surface area contributed by atoms with E-state index in [0.29, 0.717) is 0 Å². The van der Waals surface area contributed by atoms with E-state index in [-0.39, 0.29) is 18.2 Å². The Morgan fingerprint density at radius 3 is 2.64 bits per heavy atom. The highest BCUT2D eigenvalue weighted by Gasteiger charge is 2.15. The largest absolute Gasteiger partial charge is 0.324 e. The summed E-state index contributed by atoms with van der Waals surface area (Å²) in [4.78, 5) is 11.5. The summed E-state index contributed by atoms with van der Waals surface area (Å²) in [7, 11) is 0. The molecule has 0 heterocycles. The molecule has 0 aromatic heterocycles. The van der Waals surface area contributed by atoms with Crippen LogP contribution in [0.5, 0.6) is 0 Å². The van der Waals surface area contributed by atoms with Crippen molar-refractivity contribution in [3.05, 3.63) is 34.9 Å². The molecule has 0 saturated heterocycles. The number of benzene rings is 1. The molecule has 0 radical (unpaired) electrons. The van der Waals surface area contributed by atoms with Crippen LogP contribution < -0.4 is 5.73 Å². The van der Waals surface area contributed by atoms with Gasteiger partial charge in [0.15, 0.2) is 5.78 Å². The first-order valence-corrected chi connectivity index (χ1v) is 4.86. The monoisotopic (exact) mass is 191 g/mol. The highest BCUT2D eigenvalue weighted by atomic mass is 16.1. The van der Waals surface area contributed by atoms with Crippen LogP contribution in [0.15, 0.2) is 18.2 Å². The average Bonchev–Trinajstić information content (AvgIpc) is 2.20. The fourth-order valence-electron chi connectivity index (χ4n) is 1.59. The molecule has 1 aromatic carbocycles. The molecule has 1 aromatic rings. The minimum Gasteiger partial charge on any atom is -0.324 e. The molecular formula is C12H17NO. The lowest BCUT2D eigenvalue weighted by Crippen LogP contribution is -2.20. The summed E-state index contributed by atoms with van der Waals surface area (Å²) in [6, 6.07) is 6.04. The van der Waals surface area contributed by atoms with Crippen molar-refractivity contribution < 1.29 is 4.79 Å². The maximum absolute atomic E-state index is 11.5. The predicted molar refractivity (Wildman–Crippen MR) is 58.4 cm³/mol. The van der Waals surface area contributed by atoms with E-state index in [1.54, 1.807) is 0 Å². The molecule has 2 nitrogen and oxygen atoms in total. The number of carbonyl (C=O) groups excluding carboxylic acids is 1. The molecule has 0 aliphatic heterocycles. The van der Waals surface area contributed by atoms with Crippen LogP contribution in [0.2, 0.25) is 0 Å². The Balaban J connectivity index is 3.07. The lowest BCUT2D eigenvalue weighted by Gasteiger charge is -2.14. The summed E-state index contributed by atoms with van der Waals surface area (Å²) in [6.45, 7) is 6.13. The van der Waals surface area contributed by atoms with E-state index in [4.69, 9.17) is 5.73 Å². The Kier molecular flexibility index (Phi) is 3.42. The normalized spacial score (nSPS) is 12.6. The molecule has 0 aliphatic rings. The van der Waals surface area contributed by atoms with Crippen molar-refractivity contribution in [3.8, 4) is 0 Å². The van der Waals surface area contributed by atoms with Gasteiger partial charge in [0.25, 0.3) is 0 Å². The summed E-state index contributed by atoms with van der Waals surface area (Å²) in [6.07, 6.45) is 0. The summed E-state index contributed by atoms with van der Waals surface area (Å²) in [5.41, 5.74) is 8.86. The number of nitrogens with two attached hydrogens (primary N) is 1. The Labute approximate surface area is 85.1 Å². The standard InChI is InChI=1S/C12H17NO/c1-8-5-4-6-11(9(8)2)10(3)12(14)7-13/h4-6,10H,7,13H2,1-3H3/t10-/m0/s1.